The van der Waals surface area contributed by atoms with Gasteiger partial charge in [-0.15, -0.1) is 6.42 Å². The van der Waals surface area contributed by atoms with Gasteiger partial charge < -0.3 is 25.0 Å². The van der Waals surface area contributed by atoms with Crippen LogP contribution in [0.15, 0.2) is 48.5 Å². The van der Waals surface area contributed by atoms with Crippen molar-refractivity contribution in [2.75, 3.05) is 12.4 Å². The van der Waals surface area contributed by atoms with Crippen LogP contribution in [0.5, 0.6) is 5.75 Å². The van der Waals surface area contributed by atoms with Crippen LogP contribution >= 0.6 is 0 Å². The Labute approximate surface area is 238 Å². The van der Waals surface area contributed by atoms with Crippen LogP contribution in [0.2, 0.25) is 0 Å². The summed E-state index contributed by atoms with van der Waals surface area (Å²) in [4.78, 5) is 42.7. The van der Waals surface area contributed by atoms with Crippen LogP contribution < -0.4 is 15.4 Å². The molecule has 0 aliphatic carbocycles. The maximum atomic E-state index is 14.3. The quantitative estimate of drug-likeness (QED) is 0.339. The summed E-state index contributed by atoms with van der Waals surface area (Å²) in [7, 11) is 1.56. The Morgan fingerprint density at radius 3 is 2.17 bits per heavy atom. The number of carbonyl (C=O) groups excluding carboxylic acids is 3. The molecule has 0 aliphatic rings. The first kappa shape index (κ1) is 32.2. The van der Waals surface area contributed by atoms with Crippen molar-refractivity contribution in [1.82, 2.24) is 10.2 Å². The Morgan fingerprint density at radius 2 is 1.65 bits per heavy atom. The number of rotatable bonds is 11. The Hall–Kier alpha value is -3.99. The second kappa shape index (κ2) is 14.4. The zero-order valence-electron chi connectivity index (χ0n) is 24.9. The van der Waals surface area contributed by atoms with Gasteiger partial charge in [0.15, 0.2) is 0 Å². The maximum absolute atomic E-state index is 14.3. The standard InChI is InChI=1S/C32H43N3O5/c1-10-22(5)35(30(37)27(20-21(3)4)34-31(38)40-32(6,7)8)28(26-15-13-12-14-23(26)11-2)29(36)33-24-16-18-25(39-9)19-17-24/h2,12-19,21-22,27-28H,10,20H2,1,3-9H3,(H,33,36)(H,34,38). The van der Waals surface area contributed by atoms with Crippen molar-refractivity contribution in [3.63, 3.8) is 0 Å². The number of nitrogens with one attached hydrogen (secondary N) is 2. The van der Waals surface area contributed by atoms with E-state index in [1.54, 1.807) is 81.3 Å². The van der Waals surface area contributed by atoms with E-state index in [1.807, 2.05) is 27.7 Å². The van der Waals surface area contributed by atoms with Crippen molar-refractivity contribution in [1.29, 1.82) is 0 Å². The van der Waals surface area contributed by atoms with Crippen LogP contribution in [0.1, 0.15) is 78.5 Å². The molecule has 0 heterocycles. The van der Waals surface area contributed by atoms with E-state index in [0.717, 1.165) is 0 Å². The molecule has 3 atom stereocenters. The number of hydrogen-bond acceptors (Lipinski definition) is 5. The normalized spacial score (nSPS) is 13.4. The predicted molar refractivity (Wildman–Crippen MR) is 158 cm³/mol. The zero-order valence-corrected chi connectivity index (χ0v) is 24.9. The van der Waals surface area contributed by atoms with Crippen molar-refractivity contribution in [2.45, 2.75) is 85.0 Å². The molecule has 0 bridgehead atoms. The summed E-state index contributed by atoms with van der Waals surface area (Å²) in [5.41, 5.74) is 0.818. The number of anilines is 1. The van der Waals surface area contributed by atoms with Gasteiger partial charge in [-0.1, -0.05) is 44.9 Å². The summed E-state index contributed by atoms with van der Waals surface area (Å²) >= 11 is 0. The van der Waals surface area contributed by atoms with Crippen molar-refractivity contribution in [3.05, 3.63) is 59.7 Å². The van der Waals surface area contributed by atoms with Crippen molar-refractivity contribution in [2.24, 2.45) is 5.92 Å². The van der Waals surface area contributed by atoms with Gasteiger partial charge in [0.2, 0.25) is 5.91 Å². The van der Waals surface area contributed by atoms with Gasteiger partial charge >= 0.3 is 6.09 Å². The van der Waals surface area contributed by atoms with Gasteiger partial charge in [0.25, 0.3) is 5.91 Å². The monoisotopic (exact) mass is 549 g/mol. The molecular formula is C32H43N3O5. The topological polar surface area (TPSA) is 97.0 Å². The summed E-state index contributed by atoms with van der Waals surface area (Å²) in [6, 6.07) is 11.7. The second-order valence-electron chi connectivity index (χ2n) is 11.2. The van der Waals surface area contributed by atoms with Crippen LogP contribution in [0.4, 0.5) is 10.5 Å². The number of carbonyl (C=O) groups is 3. The number of terminal acetylenes is 1. The molecule has 216 valence electrons. The van der Waals surface area contributed by atoms with E-state index in [2.05, 4.69) is 16.6 Å². The molecule has 8 nitrogen and oxygen atoms in total. The Morgan fingerprint density at radius 1 is 1.02 bits per heavy atom. The van der Waals surface area contributed by atoms with Gasteiger partial charge in [0.1, 0.15) is 23.4 Å². The van der Waals surface area contributed by atoms with E-state index in [1.165, 1.54) is 0 Å². The van der Waals surface area contributed by atoms with E-state index in [9.17, 15) is 14.4 Å². The van der Waals surface area contributed by atoms with Gasteiger partial charge in [-0.2, -0.15) is 0 Å². The number of benzene rings is 2. The molecule has 0 saturated heterocycles. The number of hydrogen-bond donors (Lipinski definition) is 2. The summed E-state index contributed by atoms with van der Waals surface area (Å²) in [6.07, 6.45) is 6.06. The minimum atomic E-state index is -1.06. The molecule has 2 aromatic rings. The lowest BCUT2D eigenvalue weighted by Crippen LogP contribution is -2.55. The minimum absolute atomic E-state index is 0.0761. The fourth-order valence-corrected chi connectivity index (χ4v) is 4.29. The van der Waals surface area contributed by atoms with Crippen molar-refractivity contribution >= 4 is 23.6 Å². The number of alkyl carbamates (subject to hydrolysis) is 1. The fraction of sp³-hybridized carbons (Fsp3) is 0.469. The highest BCUT2D eigenvalue weighted by atomic mass is 16.6. The Balaban J connectivity index is 2.61. The van der Waals surface area contributed by atoms with Gasteiger partial charge in [0.05, 0.1) is 7.11 Å². The van der Waals surface area contributed by atoms with Crippen LogP contribution in [0.3, 0.4) is 0 Å². The third-order valence-electron chi connectivity index (χ3n) is 6.31. The van der Waals surface area contributed by atoms with Crippen LogP contribution in [-0.4, -0.2) is 47.6 Å². The molecular weight excluding hydrogens is 506 g/mol. The Bertz CT molecular complexity index is 1190. The molecule has 0 fully saturated rings. The lowest BCUT2D eigenvalue weighted by Gasteiger charge is -2.39. The van der Waals surface area contributed by atoms with E-state index in [4.69, 9.17) is 15.9 Å². The number of amides is 3. The minimum Gasteiger partial charge on any atom is -0.497 e. The van der Waals surface area contributed by atoms with E-state index in [0.29, 0.717) is 35.4 Å². The molecule has 0 aromatic heterocycles. The first-order chi connectivity index (χ1) is 18.8. The van der Waals surface area contributed by atoms with Gasteiger partial charge in [-0.05, 0) is 82.3 Å². The molecule has 2 aromatic carbocycles. The molecule has 8 heteroatoms. The summed E-state index contributed by atoms with van der Waals surface area (Å²) in [5, 5.41) is 5.70. The zero-order chi connectivity index (χ0) is 30.0. The molecule has 0 radical (unpaired) electrons. The summed E-state index contributed by atoms with van der Waals surface area (Å²) < 4.78 is 10.7. The van der Waals surface area contributed by atoms with Crippen LogP contribution in [0.25, 0.3) is 0 Å². The molecule has 40 heavy (non-hydrogen) atoms. The molecule has 2 rings (SSSR count). The molecule has 0 aliphatic heterocycles. The van der Waals surface area contributed by atoms with Crippen molar-refractivity contribution in [3.8, 4) is 18.1 Å². The lowest BCUT2D eigenvalue weighted by atomic mass is 9.94. The largest absolute Gasteiger partial charge is 0.497 e. The fourth-order valence-electron chi connectivity index (χ4n) is 4.29. The van der Waals surface area contributed by atoms with E-state index >= 15 is 0 Å². The number of ether oxygens (including phenoxy) is 2. The smallest absolute Gasteiger partial charge is 0.408 e. The number of nitrogens with zero attached hydrogens (tertiary/aromatic N) is 1. The third-order valence-corrected chi connectivity index (χ3v) is 6.31. The SMILES string of the molecule is C#Cc1ccccc1C(C(=O)Nc1ccc(OC)cc1)N(C(=O)C(CC(C)C)NC(=O)OC(C)(C)C)C(C)CC. The predicted octanol–water partition coefficient (Wildman–Crippen LogP) is 5.92. The average Bonchev–Trinajstić information content (AvgIpc) is 2.89. The highest BCUT2D eigenvalue weighted by molar-refractivity contribution is 5.99. The van der Waals surface area contributed by atoms with Gasteiger partial charge in [-0.25, -0.2) is 4.79 Å². The second-order valence-corrected chi connectivity index (χ2v) is 11.2. The molecule has 2 N–H and O–H groups in total. The van der Waals surface area contributed by atoms with Crippen LogP contribution in [-0.2, 0) is 14.3 Å². The first-order valence-corrected chi connectivity index (χ1v) is 13.6. The summed E-state index contributed by atoms with van der Waals surface area (Å²) in [6.45, 7) is 13.0. The summed E-state index contributed by atoms with van der Waals surface area (Å²) in [5.74, 6) is 2.56. The maximum Gasteiger partial charge on any atom is 0.408 e. The van der Waals surface area contributed by atoms with E-state index < -0.39 is 35.6 Å². The van der Waals surface area contributed by atoms with E-state index in [-0.39, 0.29) is 12.0 Å². The van der Waals surface area contributed by atoms with Crippen molar-refractivity contribution < 1.29 is 23.9 Å². The van der Waals surface area contributed by atoms with Crippen LogP contribution in [0, 0.1) is 18.3 Å². The first-order valence-electron chi connectivity index (χ1n) is 13.6. The highest BCUT2D eigenvalue weighted by Crippen LogP contribution is 2.30. The molecule has 3 amide bonds. The molecule has 3 unspecified atom stereocenters. The van der Waals surface area contributed by atoms with Gasteiger partial charge in [0, 0.05) is 17.3 Å². The average molecular weight is 550 g/mol. The molecule has 0 spiro atoms. The lowest BCUT2D eigenvalue weighted by molar-refractivity contribution is -0.143. The van der Waals surface area contributed by atoms with Gasteiger partial charge in [-0.3, -0.25) is 9.59 Å². The molecule has 0 saturated carbocycles. The number of methoxy groups -OCH3 is 1. The Kier molecular flexibility index (Phi) is 11.6. The third kappa shape index (κ3) is 9.04. The highest BCUT2D eigenvalue weighted by Gasteiger charge is 2.39.